The standard InChI is InChI=1S/C19H23N3O2/c1-24-18-10-3-2-8-15(18)17(22-12-6-7-13-22)14-21-19(23)16-9-4-5-11-20-16/h2-5,8-11,17H,6-7,12-14H2,1H3,(H,21,23)/t17-/m1/s1. The van der Waals surface area contributed by atoms with Crippen LogP contribution in [0.25, 0.3) is 0 Å². The van der Waals surface area contributed by atoms with Crippen molar-refractivity contribution < 1.29 is 9.53 Å². The van der Waals surface area contributed by atoms with E-state index in [0.29, 0.717) is 12.2 Å². The SMILES string of the molecule is COc1ccccc1[C@@H](CNC(=O)c1ccccn1)N1CCCC1. The van der Waals surface area contributed by atoms with Gasteiger partial charge in [0.1, 0.15) is 11.4 Å². The maximum atomic E-state index is 12.3. The lowest BCUT2D eigenvalue weighted by Crippen LogP contribution is -2.37. The molecule has 0 unspecified atom stereocenters. The number of carbonyl (C=O) groups is 1. The highest BCUT2D eigenvalue weighted by atomic mass is 16.5. The Balaban J connectivity index is 1.77. The van der Waals surface area contributed by atoms with Gasteiger partial charge in [-0.3, -0.25) is 14.7 Å². The number of nitrogens with one attached hydrogen (secondary N) is 1. The van der Waals surface area contributed by atoms with E-state index in [4.69, 9.17) is 4.74 Å². The van der Waals surface area contributed by atoms with E-state index in [0.717, 1.165) is 24.4 Å². The van der Waals surface area contributed by atoms with Gasteiger partial charge >= 0.3 is 0 Å². The van der Waals surface area contributed by atoms with Gasteiger partial charge in [-0.1, -0.05) is 24.3 Å². The summed E-state index contributed by atoms with van der Waals surface area (Å²) in [6.07, 6.45) is 4.02. The smallest absolute Gasteiger partial charge is 0.269 e. The van der Waals surface area contributed by atoms with Crippen LogP contribution in [-0.4, -0.2) is 42.5 Å². The normalized spacial score (nSPS) is 15.9. The fourth-order valence-electron chi connectivity index (χ4n) is 3.21. The van der Waals surface area contributed by atoms with E-state index in [1.54, 1.807) is 25.4 Å². The first kappa shape index (κ1) is 16.5. The maximum absolute atomic E-state index is 12.3. The Labute approximate surface area is 142 Å². The number of nitrogens with zero attached hydrogens (tertiary/aromatic N) is 2. The first-order chi connectivity index (χ1) is 11.8. The Morgan fingerprint density at radius 3 is 2.67 bits per heavy atom. The molecule has 1 saturated heterocycles. The molecule has 24 heavy (non-hydrogen) atoms. The molecule has 1 atom stereocenters. The number of likely N-dealkylation sites (tertiary alicyclic amines) is 1. The summed E-state index contributed by atoms with van der Waals surface area (Å²) < 4.78 is 5.53. The topological polar surface area (TPSA) is 54.5 Å². The van der Waals surface area contributed by atoms with E-state index in [-0.39, 0.29) is 11.9 Å². The second-order valence-electron chi connectivity index (χ2n) is 5.93. The molecule has 1 aromatic carbocycles. The maximum Gasteiger partial charge on any atom is 0.269 e. The van der Waals surface area contributed by atoms with Crippen molar-refractivity contribution >= 4 is 5.91 Å². The molecule has 1 aliphatic rings. The average molecular weight is 325 g/mol. The lowest BCUT2D eigenvalue weighted by molar-refractivity contribution is 0.0932. The summed E-state index contributed by atoms with van der Waals surface area (Å²) in [6.45, 7) is 2.63. The summed E-state index contributed by atoms with van der Waals surface area (Å²) in [6, 6.07) is 13.5. The minimum Gasteiger partial charge on any atom is -0.496 e. The van der Waals surface area contributed by atoms with Gasteiger partial charge in [0.25, 0.3) is 5.91 Å². The number of ether oxygens (including phenoxy) is 1. The molecule has 1 aliphatic heterocycles. The minimum absolute atomic E-state index is 0.108. The van der Waals surface area contributed by atoms with Crippen LogP contribution in [0, 0.1) is 0 Å². The third kappa shape index (κ3) is 3.74. The van der Waals surface area contributed by atoms with Gasteiger partial charge in [0.15, 0.2) is 0 Å². The van der Waals surface area contributed by atoms with Crippen molar-refractivity contribution in [3.63, 3.8) is 0 Å². The van der Waals surface area contributed by atoms with E-state index in [2.05, 4.69) is 21.3 Å². The molecule has 1 fully saturated rings. The fraction of sp³-hybridized carbons (Fsp3) is 0.368. The molecule has 1 N–H and O–H groups in total. The van der Waals surface area contributed by atoms with Crippen LogP contribution >= 0.6 is 0 Å². The van der Waals surface area contributed by atoms with Gasteiger partial charge in [-0.15, -0.1) is 0 Å². The van der Waals surface area contributed by atoms with Crippen molar-refractivity contribution in [1.82, 2.24) is 15.2 Å². The van der Waals surface area contributed by atoms with E-state index in [9.17, 15) is 4.79 Å². The number of benzene rings is 1. The highest BCUT2D eigenvalue weighted by Crippen LogP contribution is 2.31. The Kier molecular flexibility index (Phi) is 5.43. The number of rotatable bonds is 6. The lowest BCUT2D eigenvalue weighted by atomic mass is 10.0. The van der Waals surface area contributed by atoms with E-state index >= 15 is 0 Å². The van der Waals surface area contributed by atoms with Gasteiger partial charge in [-0.05, 0) is 44.1 Å². The predicted molar refractivity (Wildman–Crippen MR) is 93.1 cm³/mol. The molecular formula is C19H23N3O2. The molecule has 0 aliphatic carbocycles. The van der Waals surface area contributed by atoms with Gasteiger partial charge in [0, 0.05) is 18.3 Å². The first-order valence-corrected chi connectivity index (χ1v) is 8.36. The zero-order chi connectivity index (χ0) is 16.8. The van der Waals surface area contributed by atoms with Crippen molar-refractivity contribution in [3.05, 3.63) is 59.9 Å². The van der Waals surface area contributed by atoms with Crippen LogP contribution in [0.3, 0.4) is 0 Å². The van der Waals surface area contributed by atoms with Crippen molar-refractivity contribution in [2.75, 3.05) is 26.7 Å². The van der Waals surface area contributed by atoms with Crippen LogP contribution < -0.4 is 10.1 Å². The molecule has 5 heteroatoms. The highest BCUT2D eigenvalue weighted by Gasteiger charge is 2.26. The van der Waals surface area contributed by atoms with Crippen LogP contribution in [-0.2, 0) is 0 Å². The van der Waals surface area contributed by atoms with Gasteiger partial charge in [-0.2, -0.15) is 0 Å². The Morgan fingerprint density at radius 2 is 1.96 bits per heavy atom. The van der Waals surface area contributed by atoms with Gasteiger partial charge in [0.05, 0.1) is 13.2 Å². The summed E-state index contributed by atoms with van der Waals surface area (Å²) >= 11 is 0. The second kappa shape index (κ2) is 7.93. The Bertz CT molecular complexity index is 669. The monoisotopic (exact) mass is 325 g/mol. The first-order valence-electron chi connectivity index (χ1n) is 8.36. The molecule has 2 aromatic rings. The second-order valence-corrected chi connectivity index (χ2v) is 5.93. The predicted octanol–water partition coefficient (Wildman–Crippen LogP) is 2.66. The number of amides is 1. The summed E-state index contributed by atoms with van der Waals surface area (Å²) in [7, 11) is 1.69. The van der Waals surface area contributed by atoms with E-state index in [1.807, 2.05) is 24.3 Å². The van der Waals surface area contributed by atoms with Gasteiger partial charge in [0.2, 0.25) is 0 Å². The summed E-state index contributed by atoms with van der Waals surface area (Å²) in [5.74, 6) is 0.719. The van der Waals surface area contributed by atoms with Gasteiger partial charge in [-0.25, -0.2) is 0 Å². The zero-order valence-corrected chi connectivity index (χ0v) is 13.9. The van der Waals surface area contributed by atoms with Gasteiger partial charge < -0.3 is 10.1 Å². The highest BCUT2D eigenvalue weighted by molar-refractivity contribution is 5.92. The largest absolute Gasteiger partial charge is 0.496 e. The number of methoxy groups -OCH3 is 1. The minimum atomic E-state index is -0.144. The lowest BCUT2D eigenvalue weighted by Gasteiger charge is -2.29. The molecule has 5 nitrogen and oxygen atoms in total. The molecule has 0 saturated carbocycles. The average Bonchev–Trinajstić information content (AvgIpc) is 3.17. The number of pyridine rings is 1. The zero-order valence-electron chi connectivity index (χ0n) is 13.9. The quantitative estimate of drug-likeness (QED) is 0.887. The van der Waals surface area contributed by atoms with Crippen molar-refractivity contribution in [1.29, 1.82) is 0 Å². The van der Waals surface area contributed by atoms with Crippen LogP contribution in [0.4, 0.5) is 0 Å². The van der Waals surface area contributed by atoms with Crippen LogP contribution in [0.5, 0.6) is 5.75 Å². The van der Waals surface area contributed by atoms with E-state index < -0.39 is 0 Å². The van der Waals surface area contributed by atoms with Crippen molar-refractivity contribution in [2.45, 2.75) is 18.9 Å². The van der Waals surface area contributed by atoms with Crippen LogP contribution in [0.2, 0.25) is 0 Å². The molecule has 0 bridgehead atoms. The number of aromatic nitrogens is 1. The number of hydrogen-bond donors (Lipinski definition) is 1. The number of para-hydroxylation sites is 1. The number of hydrogen-bond acceptors (Lipinski definition) is 4. The molecular weight excluding hydrogens is 302 g/mol. The molecule has 0 radical (unpaired) electrons. The molecule has 1 amide bonds. The van der Waals surface area contributed by atoms with Crippen LogP contribution in [0.1, 0.15) is 34.9 Å². The van der Waals surface area contributed by atoms with E-state index in [1.165, 1.54) is 12.8 Å². The fourth-order valence-corrected chi connectivity index (χ4v) is 3.21. The summed E-state index contributed by atoms with van der Waals surface area (Å²) in [5.41, 5.74) is 1.56. The summed E-state index contributed by atoms with van der Waals surface area (Å²) in [4.78, 5) is 18.8. The van der Waals surface area contributed by atoms with Crippen molar-refractivity contribution in [2.24, 2.45) is 0 Å². The third-order valence-electron chi connectivity index (χ3n) is 4.43. The molecule has 2 heterocycles. The Hall–Kier alpha value is -2.40. The Morgan fingerprint density at radius 1 is 1.21 bits per heavy atom. The summed E-state index contributed by atoms with van der Waals surface area (Å²) in [5, 5.41) is 3.03. The van der Waals surface area contributed by atoms with Crippen LogP contribution in [0.15, 0.2) is 48.7 Å². The molecule has 0 spiro atoms. The molecule has 126 valence electrons. The number of carbonyl (C=O) groups excluding carboxylic acids is 1. The molecule has 3 rings (SSSR count). The van der Waals surface area contributed by atoms with Crippen molar-refractivity contribution in [3.8, 4) is 5.75 Å². The third-order valence-corrected chi connectivity index (χ3v) is 4.43. The molecule has 1 aromatic heterocycles.